The summed E-state index contributed by atoms with van der Waals surface area (Å²) in [6.07, 6.45) is 4.74. The van der Waals surface area contributed by atoms with Crippen molar-refractivity contribution in [3.8, 4) is 23.0 Å². The largest absolute Gasteiger partial charge is 0.342 e. The van der Waals surface area contributed by atoms with Crippen molar-refractivity contribution in [2.45, 2.75) is 25.6 Å². The molecule has 0 aliphatic carbocycles. The number of ether oxygens (including phenoxy) is 2. The molecule has 1 aliphatic heterocycles. The number of allylic oxidation sites excluding steroid dienone is 1. The van der Waals surface area contributed by atoms with E-state index in [1.807, 2.05) is 30.3 Å². The van der Waals surface area contributed by atoms with E-state index in [-0.39, 0.29) is 5.82 Å². The molecular weight excluding hydrogens is 327 g/mol. The molecule has 2 nitrogen and oxygen atoms in total. The molecule has 134 valence electrons. The van der Waals surface area contributed by atoms with E-state index >= 15 is 0 Å². The maximum Gasteiger partial charge on any atom is 0.222 e. The second kappa shape index (κ2) is 9.33. The molecular formula is C23H23FO2. The van der Waals surface area contributed by atoms with Gasteiger partial charge < -0.3 is 9.47 Å². The molecule has 3 rings (SSSR count). The van der Waals surface area contributed by atoms with Crippen molar-refractivity contribution in [1.29, 1.82) is 0 Å². The quantitative estimate of drug-likeness (QED) is 0.420. The summed E-state index contributed by atoms with van der Waals surface area (Å²) in [4.78, 5) is 0. The van der Waals surface area contributed by atoms with Crippen molar-refractivity contribution in [3.05, 3.63) is 72.6 Å². The van der Waals surface area contributed by atoms with E-state index < -0.39 is 6.29 Å². The van der Waals surface area contributed by atoms with Crippen molar-refractivity contribution >= 4 is 0 Å². The average Bonchev–Trinajstić information content (AvgIpc) is 2.69. The summed E-state index contributed by atoms with van der Waals surface area (Å²) in [5.41, 5.74) is 2.91. The minimum absolute atomic E-state index is 0.230. The molecule has 0 aromatic heterocycles. The smallest absolute Gasteiger partial charge is 0.222 e. The van der Waals surface area contributed by atoms with Crippen molar-refractivity contribution in [2.75, 3.05) is 13.2 Å². The number of rotatable bonds is 5. The Labute approximate surface area is 154 Å². The highest BCUT2D eigenvalue weighted by Crippen LogP contribution is 2.20. The number of unbranched alkanes of at least 4 members (excludes halogenated alkanes) is 1. The summed E-state index contributed by atoms with van der Waals surface area (Å²) in [6.45, 7) is 5.13. The predicted octanol–water partition coefficient (Wildman–Crippen LogP) is 5.19. The second-order valence-electron chi connectivity index (χ2n) is 6.44. The van der Waals surface area contributed by atoms with E-state index in [1.165, 1.54) is 12.1 Å². The number of benzene rings is 2. The number of hydrogen-bond acceptors (Lipinski definition) is 2. The third-order valence-corrected chi connectivity index (χ3v) is 4.38. The van der Waals surface area contributed by atoms with Gasteiger partial charge in [-0.15, -0.1) is 6.58 Å². The molecule has 1 saturated heterocycles. The number of hydrogen-bond donors (Lipinski definition) is 0. The van der Waals surface area contributed by atoms with Gasteiger partial charge in [-0.05, 0) is 60.6 Å². The maximum absolute atomic E-state index is 13.0. The van der Waals surface area contributed by atoms with E-state index in [2.05, 4.69) is 18.4 Å². The van der Waals surface area contributed by atoms with Crippen molar-refractivity contribution in [2.24, 2.45) is 5.92 Å². The van der Waals surface area contributed by atoms with Crippen LogP contribution in [0.15, 0.2) is 61.2 Å². The van der Waals surface area contributed by atoms with E-state index in [9.17, 15) is 4.39 Å². The van der Waals surface area contributed by atoms with Crippen LogP contribution in [0.2, 0.25) is 0 Å². The Morgan fingerprint density at radius 1 is 1.00 bits per heavy atom. The van der Waals surface area contributed by atoms with Gasteiger partial charge in [0.25, 0.3) is 0 Å². The Hall–Kier alpha value is -2.41. The van der Waals surface area contributed by atoms with E-state index in [4.69, 9.17) is 9.47 Å². The molecule has 1 heterocycles. The lowest BCUT2D eigenvalue weighted by Gasteiger charge is -2.26. The Morgan fingerprint density at radius 3 is 2.23 bits per heavy atom. The molecule has 0 saturated carbocycles. The van der Waals surface area contributed by atoms with Crippen molar-refractivity contribution in [3.63, 3.8) is 0 Å². The van der Waals surface area contributed by atoms with Crippen LogP contribution >= 0.6 is 0 Å². The highest BCUT2D eigenvalue weighted by atomic mass is 19.1. The molecule has 0 amide bonds. The van der Waals surface area contributed by atoms with Gasteiger partial charge >= 0.3 is 0 Å². The van der Waals surface area contributed by atoms with Gasteiger partial charge in [0.1, 0.15) is 5.82 Å². The molecule has 2 aromatic rings. The fourth-order valence-electron chi connectivity index (χ4n) is 2.87. The SMILES string of the molecule is C=CCCC[C@H]1CO[C@H](C#Cc2ccc(-c3ccc(F)cc3)cc2)OC1. The standard InChI is InChI=1S/C23H23FO2/c1-2-3-4-5-19-16-25-23(26-17-19)15-8-18-6-9-20(10-7-18)21-11-13-22(24)14-12-21/h2,6-7,9-14,19,23H,1,3-5,16-17H2/t19-,23-. The van der Waals surface area contributed by atoms with Crippen LogP contribution in [0.25, 0.3) is 11.1 Å². The molecule has 1 fully saturated rings. The first-order valence-corrected chi connectivity index (χ1v) is 8.96. The summed E-state index contributed by atoms with van der Waals surface area (Å²) < 4.78 is 24.4. The first-order chi connectivity index (χ1) is 12.7. The fourth-order valence-corrected chi connectivity index (χ4v) is 2.87. The minimum atomic E-state index is -0.456. The summed E-state index contributed by atoms with van der Waals surface area (Å²) >= 11 is 0. The summed E-state index contributed by atoms with van der Waals surface area (Å²) in [6, 6.07) is 14.3. The van der Waals surface area contributed by atoms with Crippen LogP contribution in [-0.4, -0.2) is 19.5 Å². The van der Waals surface area contributed by atoms with Gasteiger partial charge in [-0.2, -0.15) is 0 Å². The first-order valence-electron chi connectivity index (χ1n) is 8.96. The van der Waals surface area contributed by atoms with Crippen LogP contribution in [0.3, 0.4) is 0 Å². The Kier molecular flexibility index (Phi) is 6.60. The molecule has 0 radical (unpaired) electrons. The molecule has 2 aromatic carbocycles. The van der Waals surface area contributed by atoms with Crippen LogP contribution in [0.4, 0.5) is 4.39 Å². The molecule has 1 aliphatic rings. The predicted molar refractivity (Wildman–Crippen MR) is 102 cm³/mol. The summed E-state index contributed by atoms with van der Waals surface area (Å²) in [5.74, 6) is 6.35. The van der Waals surface area contributed by atoms with E-state index in [0.29, 0.717) is 19.1 Å². The van der Waals surface area contributed by atoms with Gasteiger partial charge in [0, 0.05) is 11.5 Å². The molecule has 0 bridgehead atoms. The Morgan fingerprint density at radius 2 is 1.62 bits per heavy atom. The normalized spacial score (nSPS) is 19.4. The average molecular weight is 350 g/mol. The molecule has 0 N–H and O–H groups in total. The van der Waals surface area contributed by atoms with E-state index in [0.717, 1.165) is 36.0 Å². The summed E-state index contributed by atoms with van der Waals surface area (Å²) in [7, 11) is 0. The minimum Gasteiger partial charge on any atom is -0.342 e. The van der Waals surface area contributed by atoms with Gasteiger partial charge in [-0.3, -0.25) is 0 Å². The lowest BCUT2D eigenvalue weighted by molar-refractivity contribution is -0.170. The van der Waals surface area contributed by atoms with Crippen molar-refractivity contribution in [1.82, 2.24) is 0 Å². The molecule has 0 unspecified atom stereocenters. The van der Waals surface area contributed by atoms with E-state index in [1.54, 1.807) is 12.1 Å². The maximum atomic E-state index is 13.0. The Balaban J connectivity index is 1.52. The van der Waals surface area contributed by atoms with Crippen LogP contribution in [0.1, 0.15) is 24.8 Å². The molecule has 26 heavy (non-hydrogen) atoms. The topological polar surface area (TPSA) is 18.5 Å². The van der Waals surface area contributed by atoms with Crippen LogP contribution in [0, 0.1) is 23.6 Å². The zero-order valence-electron chi connectivity index (χ0n) is 14.8. The highest BCUT2D eigenvalue weighted by molar-refractivity contribution is 5.64. The third kappa shape index (κ3) is 5.29. The Bertz CT molecular complexity index is 761. The summed E-state index contributed by atoms with van der Waals surface area (Å²) in [5, 5.41) is 0. The lowest BCUT2D eigenvalue weighted by atomic mass is 10.0. The monoisotopic (exact) mass is 350 g/mol. The van der Waals surface area contributed by atoms with Crippen LogP contribution < -0.4 is 0 Å². The fraction of sp³-hybridized carbons (Fsp3) is 0.304. The highest BCUT2D eigenvalue weighted by Gasteiger charge is 2.20. The zero-order chi connectivity index (χ0) is 18.2. The first kappa shape index (κ1) is 18.4. The van der Waals surface area contributed by atoms with Gasteiger partial charge in [0.15, 0.2) is 0 Å². The number of halogens is 1. The van der Waals surface area contributed by atoms with Gasteiger partial charge in [-0.25, -0.2) is 4.39 Å². The molecule has 0 spiro atoms. The van der Waals surface area contributed by atoms with Crippen molar-refractivity contribution < 1.29 is 13.9 Å². The zero-order valence-corrected chi connectivity index (χ0v) is 14.8. The second-order valence-corrected chi connectivity index (χ2v) is 6.44. The third-order valence-electron chi connectivity index (χ3n) is 4.38. The molecule has 0 atom stereocenters. The lowest BCUT2D eigenvalue weighted by Crippen LogP contribution is -2.31. The van der Waals surface area contributed by atoms with Gasteiger partial charge in [-0.1, -0.05) is 36.3 Å². The molecule has 3 heteroatoms. The van der Waals surface area contributed by atoms with Gasteiger partial charge in [0.05, 0.1) is 13.2 Å². The van der Waals surface area contributed by atoms with Crippen LogP contribution in [0.5, 0.6) is 0 Å². The van der Waals surface area contributed by atoms with Crippen LogP contribution in [-0.2, 0) is 9.47 Å². The van der Waals surface area contributed by atoms with Gasteiger partial charge in [0.2, 0.25) is 6.29 Å².